The van der Waals surface area contributed by atoms with Gasteiger partial charge in [0.1, 0.15) is 11.6 Å². The number of carbonyl (C=O) groups excluding carboxylic acids is 1. The molecule has 0 aromatic carbocycles. The number of H-pyrrole nitrogens is 1. The molecule has 2 aromatic heterocycles. The highest BCUT2D eigenvalue weighted by molar-refractivity contribution is 9.10. The second-order valence-corrected chi connectivity index (χ2v) is 6.09. The molecule has 0 spiro atoms. The van der Waals surface area contributed by atoms with E-state index in [2.05, 4.69) is 31.4 Å². The SMILES string of the molecule is CC(C)n1c(CCNC(=O)/C=C/c2ccc(Br)o2)n[nH]c1=S. The summed E-state index contributed by atoms with van der Waals surface area (Å²) in [5.74, 6) is 1.26. The summed E-state index contributed by atoms with van der Waals surface area (Å²) in [5.41, 5.74) is 0. The standard InChI is InChI=1S/C14H17BrN4O2S/c1-9(2)19-12(17-18-14(19)22)7-8-16-13(20)6-4-10-3-5-11(15)21-10/h3-6,9H,7-8H2,1-2H3,(H,16,20)(H,18,22)/b6-4+. The Morgan fingerprint density at radius 1 is 1.59 bits per heavy atom. The zero-order valence-electron chi connectivity index (χ0n) is 12.3. The average molecular weight is 385 g/mol. The lowest BCUT2D eigenvalue weighted by molar-refractivity contribution is -0.116. The van der Waals surface area contributed by atoms with Gasteiger partial charge in [-0.25, -0.2) is 0 Å². The monoisotopic (exact) mass is 384 g/mol. The predicted molar refractivity (Wildman–Crippen MR) is 90.0 cm³/mol. The Morgan fingerprint density at radius 2 is 2.36 bits per heavy atom. The van der Waals surface area contributed by atoms with Crippen LogP contribution in [-0.4, -0.2) is 27.2 Å². The van der Waals surface area contributed by atoms with Crippen LogP contribution >= 0.6 is 28.1 Å². The van der Waals surface area contributed by atoms with Gasteiger partial charge in [-0.3, -0.25) is 9.89 Å². The average Bonchev–Trinajstić information content (AvgIpc) is 3.03. The molecule has 0 saturated carbocycles. The summed E-state index contributed by atoms with van der Waals surface area (Å²) in [4.78, 5) is 11.7. The molecule has 0 aliphatic rings. The lowest BCUT2D eigenvalue weighted by atomic mass is 10.3. The molecule has 2 N–H and O–H groups in total. The van der Waals surface area contributed by atoms with Crippen molar-refractivity contribution in [2.75, 3.05) is 6.54 Å². The number of halogens is 1. The predicted octanol–water partition coefficient (Wildman–Crippen LogP) is 3.25. The summed E-state index contributed by atoms with van der Waals surface area (Å²) in [6, 6.07) is 3.77. The highest BCUT2D eigenvalue weighted by Gasteiger charge is 2.09. The Labute approximate surface area is 141 Å². The summed E-state index contributed by atoms with van der Waals surface area (Å²) in [6.07, 6.45) is 3.66. The van der Waals surface area contributed by atoms with Gasteiger partial charge in [-0.05, 0) is 60.2 Å². The number of amides is 1. The maximum Gasteiger partial charge on any atom is 0.244 e. The molecule has 22 heavy (non-hydrogen) atoms. The quantitative estimate of drug-likeness (QED) is 0.591. The van der Waals surface area contributed by atoms with Gasteiger partial charge < -0.3 is 14.3 Å². The molecule has 1 amide bonds. The zero-order valence-corrected chi connectivity index (χ0v) is 14.7. The first-order valence-corrected chi connectivity index (χ1v) is 8.04. The number of hydrogen-bond donors (Lipinski definition) is 2. The van der Waals surface area contributed by atoms with Crippen molar-refractivity contribution < 1.29 is 9.21 Å². The number of aromatic amines is 1. The number of hydrogen-bond acceptors (Lipinski definition) is 4. The third kappa shape index (κ3) is 4.41. The molecule has 0 atom stereocenters. The molecule has 0 saturated heterocycles. The van der Waals surface area contributed by atoms with Crippen LogP contribution < -0.4 is 5.32 Å². The fourth-order valence-electron chi connectivity index (χ4n) is 1.98. The summed E-state index contributed by atoms with van der Waals surface area (Å²) in [7, 11) is 0. The fourth-order valence-corrected chi connectivity index (χ4v) is 2.66. The number of carbonyl (C=O) groups is 1. The van der Waals surface area contributed by atoms with E-state index in [0.29, 0.717) is 28.2 Å². The van der Waals surface area contributed by atoms with Crippen LogP contribution in [0.1, 0.15) is 31.5 Å². The largest absolute Gasteiger partial charge is 0.450 e. The molecule has 0 bridgehead atoms. The molecule has 2 heterocycles. The third-order valence-corrected chi connectivity index (χ3v) is 3.65. The first-order chi connectivity index (χ1) is 10.5. The third-order valence-electron chi connectivity index (χ3n) is 2.93. The molecule has 6 nitrogen and oxygen atoms in total. The topological polar surface area (TPSA) is 75.8 Å². The summed E-state index contributed by atoms with van der Waals surface area (Å²) in [5, 5.41) is 9.77. The molecule has 2 rings (SSSR count). The van der Waals surface area contributed by atoms with Gasteiger partial charge in [0, 0.05) is 25.1 Å². The Kier molecular flexibility index (Phi) is 5.73. The van der Waals surface area contributed by atoms with Crippen LogP contribution in [-0.2, 0) is 11.2 Å². The summed E-state index contributed by atoms with van der Waals surface area (Å²) in [6.45, 7) is 4.56. The van der Waals surface area contributed by atoms with Crippen LogP contribution in [0.2, 0.25) is 0 Å². The zero-order chi connectivity index (χ0) is 16.1. The Bertz CT molecular complexity index is 729. The number of furan rings is 1. The number of nitrogens with zero attached hydrogens (tertiary/aromatic N) is 2. The normalized spacial score (nSPS) is 11.5. The first kappa shape index (κ1) is 16.7. The lowest BCUT2D eigenvalue weighted by Gasteiger charge is -2.10. The van der Waals surface area contributed by atoms with Gasteiger partial charge in [-0.1, -0.05) is 0 Å². The summed E-state index contributed by atoms with van der Waals surface area (Å²) >= 11 is 8.39. The second-order valence-electron chi connectivity index (χ2n) is 4.92. The van der Waals surface area contributed by atoms with Gasteiger partial charge in [-0.2, -0.15) is 5.10 Å². The van der Waals surface area contributed by atoms with E-state index in [4.69, 9.17) is 16.6 Å². The first-order valence-electron chi connectivity index (χ1n) is 6.84. The van der Waals surface area contributed by atoms with Crippen molar-refractivity contribution in [3.63, 3.8) is 0 Å². The number of nitrogens with one attached hydrogen (secondary N) is 2. The van der Waals surface area contributed by atoms with Crippen molar-refractivity contribution in [2.24, 2.45) is 0 Å². The minimum absolute atomic E-state index is 0.183. The van der Waals surface area contributed by atoms with Crippen LogP contribution in [0.4, 0.5) is 0 Å². The van der Waals surface area contributed by atoms with Crippen molar-refractivity contribution in [1.82, 2.24) is 20.1 Å². The Hall–Kier alpha value is -1.67. The van der Waals surface area contributed by atoms with Crippen LogP contribution in [0.15, 0.2) is 27.3 Å². The minimum Gasteiger partial charge on any atom is -0.450 e. The van der Waals surface area contributed by atoms with E-state index in [-0.39, 0.29) is 11.9 Å². The Balaban J connectivity index is 1.85. The van der Waals surface area contributed by atoms with E-state index < -0.39 is 0 Å². The number of rotatable bonds is 6. The van der Waals surface area contributed by atoms with Crippen LogP contribution in [0.25, 0.3) is 6.08 Å². The lowest BCUT2D eigenvalue weighted by Crippen LogP contribution is -2.24. The molecule has 0 fully saturated rings. The van der Waals surface area contributed by atoms with Crippen LogP contribution in [0.5, 0.6) is 0 Å². The molecule has 118 valence electrons. The van der Waals surface area contributed by atoms with E-state index >= 15 is 0 Å². The van der Waals surface area contributed by atoms with Gasteiger partial charge in [0.15, 0.2) is 9.44 Å². The Morgan fingerprint density at radius 3 is 3.00 bits per heavy atom. The molecule has 2 aromatic rings. The van der Waals surface area contributed by atoms with Gasteiger partial charge >= 0.3 is 0 Å². The molecule has 0 unspecified atom stereocenters. The fraction of sp³-hybridized carbons (Fsp3) is 0.357. The van der Waals surface area contributed by atoms with Gasteiger partial charge in [0.25, 0.3) is 0 Å². The molecule has 0 aliphatic carbocycles. The van der Waals surface area contributed by atoms with Crippen molar-refractivity contribution in [1.29, 1.82) is 0 Å². The molecule has 8 heteroatoms. The highest BCUT2D eigenvalue weighted by atomic mass is 79.9. The van der Waals surface area contributed by atoms with Crippen LogP contribution in [0.3, 0.4) is 0 Å². The van der Waals surface area contributed by atoms with Crippen LogP contribution in [0, 0.1) is 4.77 Å². The van der Waals surface area contributed by atoms with E-state index in [0.717, 1.165) is 5.82 Å². The smallest absolute Gasteiger partial charge is 0.244 e. The van der Waals surface area contributed by atoms with Gasteiger partial charge in [0.05, 0.1) is 0 Å². The van der Waals surface area contributed by atoms with Crippen molar-refractivity contribution in [2.45, 2.75) is 26.3 Å². The maximum atomic E-state index is 11.7. The van der Waals surface area contributed by atoms with Crippen molar-refractivity contribution in [3.8, 4) is 0 Å². The van der Waals surface area contributed by atoms with Crippen molar-refractivity contribution in [3.05, 3.63) is 39.2 Å². The van der Waals surface area contributed by atoms with Gasteiger partial charge in [0.2, 0.25) is 5.91 Å². The highest BCUT2D eigenvalue weighted by Crippen LogP contribution is 2.14. The van der Waals surface area contributed by atoms with Crippen molar-refractivity contribution >= 4 is 40.1 Å². The molecular weight excluding hydrogens is 368 g/mol. The summed E-state index contributed by atoms with van der Waals surface area (Å²) < 4.78 is 8.44. The molecule has 0 aliphatic heterocycles. The van der Waals surface area contributed by atoms with E-state index in [9.17, 15) is 4.79 Å². The van der Waals surface area contributed by atoms with E-state index in [1.807, 2.05) is 18.4 Å². The maximum absolute atomic E-state index is 11.7. The van der Waals surface area contributed by atoms with Gasteiger partial charge in [-0.15, -0.1) is 0 Å². The second kappa shape index (κ2) is 7.55. The van der Waals surface area contributed by atoms with E-state index in [1.165, 1.54) is 6.08 Å². The minimum atomic E-state index is -0.183. The molecular formula is C14H17BrN4O2S. The van der Waals surface area contributed by atoms with E-state index in [1.54, 1.807) is 18.2 Å². The molecule has 0 radical (unpaired) electrons. The number of aromatic nitrogens is 3.